The number of carboxylic acids is 6. The lowest BCUT2D eigenvalue weighted by molar-refractivity contribution is -0.145. The van der Waals surface area contributed by atoms with Crippen molar-refractivity contribution < 1.29 is 84.0 Å². The Morgan fingerprint density at radius 2 is 1.03 bits per heavy atom. The van der Waals surface area contributed by atoms with Crippen LogP contribution in [0.5, 0.6) is 11.5 Å². The van der Waals surface area contributed by atoms with Crippen molar-refractivity contribution in [2.24, 2.45) is 5.92 Å². The highest BCUT2D eigenvalue weighted by Gasteiger charge is 2.26. The van der Waals surface area contributed by atoms with Gasteiger partial charge in [-0.2, -0.15) is 0 Å². The molecule has 2 atom stereocenters. The molecule has 0 saturated carbocycles. The van der Waals surface area contributed by atoms with E-state index in [4.69, 9.17) is 10.2 Å². The summed E-state index contributed by atoms with van der Waals surface area (Å²) in [5.41, 5.74) is 2.04. The van der Waals surface area contributed by atoms with Gasteiger partial charge >= 0.3 is 35.8 Å². The SMILES string of the molecule is O=C(O)CCc1ccc(O)c(CN(CCN(CC(=O)O)Cc2cc(CCC(=O)NCCCCC(=O)NCC[C@H](CC(=O)N[C@@H](CCC(=O)O)C(=O)O)C(=O)O)ccc2O)CC(=O)O)c1. The van der Waals surface area contributed by atoms with Gasteiger partial charge in [0.2, 0.25) is 17.7 Å². The number of rotatable bonds is 33. The zero-order valence-electron chi connectivity index (χ0n) is 35.2. The first-order valence-electron chi connectivity index (χ1n) is 20.4. The molecule has 22 heteroatoms. The second-order valence-electron chi connectivity index (χ2n) is 15.1. The van der Waals surface area contributed by atoms with E-state index in [9.17, 15) is 73.8 Å². The predicted molar refractivity (Wildman–Crippen MR) is 223 cm³/mol. The van der Waals surface area contributed by atoms with E-state index in [0.717, 1.165) is 0 Å². The lowest BCUT2D eigenvalue weighted by Gasteiger charge is -2.26. The molecule has 0 radical (unpaired) electrons. The van der Waals surface area contributed by atoms with Crippen molar-refractivity contribution in [3.05, 3.63) is 58.7 Å². The number of aromatic hydroxyl groups is 2. The van der Waals surface area contributed by atoms with Gasteiger partial charge < -0.3 is 56.8 Å². The normalized spacial score (nSPS) is 12.0. The van der Waals surface area contributed by atoms with Crippen LogP contribution in [0.15, 0.2) is 36.4 Å². The molecule has 11 N–H and O–H groups in total. The van der Waals surface area contributed by atoms with Gasteiger partial charge in [-0.25, -0.2) is 4.79 Å². The van der Waals surface area contributed by atoms with E-state index < -0.39 is 79.6 Å². The number of phenolic OH excluding ortho intramolecular Hbond substituents is 2. The van der Waals surface area contributed by atoms with Crippen LogP contribution in [0, 0.1) is 5.92 Å². The van der Waals surface area contributed by atoms with E-state index in [1.807, 2.05) is 0 Å². The first-order valence-corrected chi connectivity index (χ1v) is 20.4. The summed E-state index contributed by atoms with van der Waals surface area (Å²) in [5, 5.41) is 84.1. The number of hydrogen-bond acceptors (Lipinski definition) is 13. The number of carbonyl (C=O) groups is 9. The molecule has 0 fully saturated rings. The summed E-state index contributed by atoms with van der Waals surface area (Å²) in [4.78, 5) is 108. The van der Waals surface area contributed by atoms with Crippen LogP contribution in [0.25, 0.3) is 0 Å². The molecule has 352 valence electrons. The molecule has 2 rings (SSSR count). The molecule has 0 aliphatic carbocycles. The third kappa shape index (κ3) is 22.3. The maximum Gasteiger partial charge on any atom is 0.326 e. The molecule has 64 heavy (non-hydrogen) atoms. The minimum atomic E-state index is -1.50. The van der Waals surface area contributed by atoms with Crippen molar-refractivity contribution >= 4 is 53.5 Å². The standard InChI is InChI=1S/C42H57N5O17/c48-32-9-4-26(19-29(32)22-46(24-39(57)58)17-18-47(25-40(59)60)23-30-20-27(5-10-33(30)49)7-12-37(53)54)6-11-35(51)43-15-2-1-3-34(50)44-16-14-28(41(61)62)21-36(52)45-31(42(63)64)8-13-38(55)56/h4-5,9-10,19-20,28,31,48-49H,1-3,6-8,11-18,21-25H2,(H,43,51)(H,44,50)(H,45,52)(H,53,54)(H,55,56)(H,57,58)(H,59,60)(H,61,62)(H,63,64)/t28-,31+/m1/s1. The number of phenols is 2. The Balaban J connectivity index is 1.83. The van der Waals surface area contributed by atoms with E-state index in [1.165, 1.54) is 21.9 Å². The van der Waals surface area contributed by atoms with Gasteiger partial charge in [0.15, 0.2) is 0 Å². The van der Waals surface area contributed by atoms with Gasteiger partial charge in [-0.15, -0.1) is 0 Å². The van der Waals surface area contributed by atoms with Crippen LogP contribution < -0.4 is 16.0 Å². The van der Waals surface area contributed by atoms with Crippen LogP contribution in [-0.4, -0.2) is 149 Å². The molecule has 2 aromatic carbocycles. The second kappa shape index (κ2) is 28.0. The fourth-order valence-electron chi connectivity index (χ4n) is 6.44. The number of carbonyl (C=O) groups excluding carboxylic acids is 3. The molecule has 0 unspecified atom stereocenters. The maximum absolute atomic E-state index is 12.6. The Morgan fingerprint density at radius 3 is 1.52 bits per heavy atom. The Hall–Kier alpha value is -6.81. The van der Waals surface area contributed by atoms with Gasteiger partial charge in [-0.05, 0) is 61.8 Å². The molecule has 2 aromatic rings. The fourth-order valence-corrected chi connectivity index (χ4v) is 6.44. The zero-order chi connectivity index (χ0) is 47.8. The highest BCUT2D eigenvalue weighted by molar-refractivity contribution is 5.86. The molecule has 0 aromatic heterocycles. The highest BCUT2D eigenvalue weighted by atomic mass is 16.4. The average Bonchev–Trinajstić information content (AvgIpc) is 3.20. The van der Waals surface area contributed by atoms with Gasteiger partial charge in [0.25, 0.3) is 0 Å². The van der Waals surface area contributed by atoms with Crippen molar-refractivity contribution in [3.8, 4) is 11.5 Å². The third-order valence-corrected chi connectivity index (χ3v) is 9.82. The molecule has 0 saturated heterocycles. The average molecular weight is 904 g/mol. The first kappa shape index (κ1) is 53.3. The summed E-state index contributed by atoms with van der Waals surface area (Å²) < 4.78 is 0. The summed E-state index contributed by atoms with van der Waals surface area (Å²) >= 11 is 0. The fraction of sp³-hybridized carbons (Fsp3) is 0.500. The Morgan fingerprint density at radius 1 is 0.531 bits per heavy atom. The second-order valence-corrected chi connectivity index (χ2v) is 15.1. The summed E-state index contributed by atoms with van der Waals surface area (Å²) in [6.07, 6.45) is -0.309. The number of unbranched alkanes of at least 4 members (excludes halogenated alkanes) is 1. The minimum absolute atomic E-state index is 0.0262. The van der Waals surface area contributed by atoms with Crippen LogP contribution in [0.3, 0.4) is 0 Å². The summed E-state index contributed by atoms with van der Waals surface area (Å²) in [6.45, 7) is -0.673. The van der Waals surface area contributed by atoms with Gasteiger partial charge in [0, 0.05) is 82.5 Å². The number of aliphatic carboxylic acids is 6. The number of aryl methyl sites for hydroxylation is 2. The van der Waals surface area contributed by atoms with Crippen molar-refractivity contribution in [1.29, 1.82) is 0 Å². The lowest BCUT2D eigenvalue weighted by Crippen LogP contribution is -2.42. The molecular weight excluding hydrogens is 846 g/mol. The quantitative estimate of drug-likeness (QED) is 0.0442. The summed E-state index contributed by atoms with van der Waals surface area (Å²) in [5.74, 6) is -10.4. The molecule has 22 nitrogen and oxygen atoms in total. The van der Waals surface area contributed by atoms with Crippen molar-refractivity contribution in [3.63, 3.8) is 0 Å². The molecule has 0 aliphatic rings. The van der Waals surface area contributed by atoms with Gasteiger partial charge in [-0.1, -0.05) is 24.3 Å². The number of carboxylic acid groups (broad SMARTS) is 6. The minimum Gasteiger partial charge on any atom is -0.508 e. The maximum atomic E-state index is 12.6. The van der Waals surface area contributed by atoms with Crippen LogP contribution >= 0.6 is 0 Å². The van der Waals surface area contributed by atoms with Crippen molar-refractivity contribution in [1.82, 2.24) is 25.8 Å². The number of amides is 3. The number of nitrogens with one attached hydrogen (secondary N) is 3. The highest BCUT2D eigenvalue weighted by Crippen LogP contribution is 2.23. The number of hydrogen-bond donors (Lipinski definition) is 11. The third-order valence-electron chi connectivity index (χ3n) is 9.82. The number of nitrogens with zero attached hydrogens (tertiary/aromatic N) is 2. The predicted octanol–water partition coefficient (Wildman–Crippen LogP) is 0.839. The Kier molecular flexibility index (Phi) is 23.3. The van der Waals surface area contributed by atoms with E-state index in [-0.39, 0.29) is 108 Å². The Labute approximate surface area is 367 Å². The number of benzene rings is 2. The molecule has 0 bridgehead atoms. The van der Waals surface area contributed by atoms with Crippen molar-refractivity contribution in [2.45, 2.75) is 89.8 Å². The van der Waals surface area contributed by atoms with Gasteiger partial charge in [-0.3, -0.25) is 48.2 Å². The van der Waals surface area contributed by atoms with E-state index in [2.05, 4.69) is 16.0 Å². The molecular formula is C42H57N5O17. The smallest absolute Gasteiger partial charge is 0.326 e. The van der Waals surface area contributed by atoms with E-state index in [1.54, 1.807) is 24.3 Å². The van der Waals surface area contributed by atoms with Crippen LogP contribution in [0.1, 0.15) is 80.0 Å². The molecule has 3 amide bonds. The lowest BCUT2D eigenvalue weighted by atomic mass is 10.0. The molecule has 0 aliphatic heterocycles. The molecule has 0 spiro atoms. The van der Waals surface area contributed by atoms with E-state index >= 15 is 0 Å². The first-order chi connectivity index (χ1) is 30.2. The zero-order valence-corrected chi connectivity index (χ0v) is 35.2. The molecule has 0 heterocycles. The van der Waals surface area contributed by atoms with Crippen LogP contribution in [0.4, 0.5) is 0 Å². The van der Waals surface area contributed by atoms with Crippen molar-refractivity contribution in [2.75, 3.05) is 39.3 Å². The van der Waals surface area contributed by atoms with Crippen LogP contribution in [0.2, 0.25) is 0 Å². The summed E-state index contributed by atoms with van der Waals surface area (Å²) in [7, 11) is 0. The van der Waals surface area contributed by atoms with E-state index in [0.29, 0.717) is 35.1 Å². The van der Waals surface area contributed by atoms with Crippen LogP contribution in [-0.2, 0) is 69.1 Å². The van der Waals surface area contributed by atoms with Gasteiger partial charge in [0.1, 0.15) is 17.5 Å². The largest absolute Gasteiger partial charge is 0.508 e. The monoisotopic (exact) mass is 903 g/mol. The summed E-state index contributed by atoms with van der Waals surface area (Å²) in [6, 6.07) is 7.74. The van der Waals surface area contributed by atoms with Gasteiger partial charge in [0.05, 0.1) is 19.0 Å². The topological polar surface area (TPSA) is 358 Å². The Bertz CT molecular complexity index is 1960.